The average molecular weight is 317 g/mol. The van der Waals surface area contributed by atoms with Crippen LogP contribution in [0.25, 0.3) is 0 Å². The number of amides is 3. The Labute approximate surface area is 138 Å². The van der Waals surface area contributed by atoms with Gasteiger partial charge < -0.3 is 16.0 Å². The van der Waals surface area contributed by atoms with Gasteiger partial charge in [0.15, 0.2) is 0 Å². The van der Waals surface area contributed by atoms with E-state index in [1.807, 2.05) is 6.92 Å². The van der Waals surface area contributed by atoms with E-state index < -0.39 is 0 Å². The molecule has 23 heavy (non-hydrogen) atoms. The van der Waals surface area contributed by atoms with Crippen molar-refractivity contribution in [3.8, 4) is 0 Å². The molecule has 3 N–H and O–H groups in total. The Morgan fingerprint density at radius 2 is 2.00 bits per heavy atom. The minimum absolute atomic E-state index is 0.114. The van der Waals surface area contributed by atoms with Crippen molar-refractivity contribution in [1.82, 2.24) is 10.6 Å². The Morgan fingerprint density at radius 1 is 1.22 bits per heavy atom. The Balaban J connectivity index is 1.91. The predicted octanol–water partition coefficient (Wildman–Crippen LogP) is 3.53. The topological polar surface area (TPSA) is 70.2 Å². The molecule has 0 unspecified atom stereocenters. The van der Waals surface area contributed by atoms with Crippen molar-refractivity contribution in [2.24, 2.45) is 5.92 Å². The van der Waals surface area contributed by atoms with Crippen LogP contribution < -0.4 is 16.0 Å². The molecule has 3 amide bonds. The molecular weight excluding hydrogens is 290 g/mol. The van der Waals surface area contributed by atoms with Crippen molar-refractivity contribution in [2.75, 3.05) is 11.9 Å². The van der Waals surface area contributed by atoms with Gasteiger partial charge in [0.1, 0.15) is 0 Å². The number of hydrogen-bond donors (Lipinski definition) is 3. The van der Waals surface area contributed by atoms with Crippen LogP contribution in [-0.2, 0) is 0 Å². The van der Waals surface area contributed by atoms with Gasteiger partial charge in [-0.25, -0.2) is 4.79 Å². The maximum Gasteiger partial charge on any atom is 0.319 e. The highest BCUT2D eigenvalue weighted by atomic mass is 16.2. The molecule has 126 valence electrons. The summed E-state index contributed by atoms with van der Waals surface area (Å²) in [6.07, 6.45) is 5.51. The second-order valence-corrected chi connectivity index (χ2v) is 6.30. The third-order valence-corrected chi connectivity index (χ3v) is 4.35. The van der Waals surface area contributed by atoms with Gasteiger partial charge in [-0.15, -0.1) is 0 Å². The fourth-order valence-electron chi connectivity index (χ4n) is 2.95. The molecule has 2 atom stereocenters. The summed E-state index contributed by atoms with van der Waals surface area (Å²) < 4.78 is 0. The van der Waals surface area contributed by atoms with Gasteiger partial charge in [0.05, 0.1) is 0 Å². The maximum absolute atomic E-state index is 12.2. The van der Waals surface area contributed by atoms with Gasteiger partial charge in [0.25, 0.3) is 5.91 Å². The number of rotatable bonds is 5. The SMILES string of the molecule is CCCNC(=O)c1cccc(NC(=O)N[C@@H]2CCCC[C@H]2C)c1. The first kappa shape index (κ1) is 17.3. The maximum atomic E-state index is 12.2. The minimum atomic E-state index is -0.199. The fourth-order valence-corrected chi connectivity index (χ4v) is 2.95. The fraction of sp³-hybridized carbons (Fsp3) is 0.556. The molecular formula is C18H27N3O2. The monoisotopic (exact) mass is 317 g/mol. The predicted molar refractivity (Wildman–Crippen MR) is 92.6 cm³/mol. The first-order valence-electron chi connectivity index (χ1n) is 8.56. The molecule has 0 aromatic heterocycles. The molecule has 1 aromatic rings. The summed E-state index contributed by atoms with van der Waals surface area (Å²) >= 11 is 0. The highest BCUT2D eigenvalue weighted by Gasteiger charge is 2.22. The second kappa shape index (κ2) is 8.56. The molecule has 0 heterocycles. The molecule has 0 aliphatic heterocycles. The summed E-state index contributed by atoms with van der Waals surface area (Å²) in [5, 5.41) is 8.71. The van der Waals surface area contributed by atoms with Crippen LogP contribution in [0.1, 0.15) is 56.3 Å². The van der Waals surface area contributed by atoms with Gasteiger partial charge in [-0.1, -0.05) is 32.8 Å². The Kier molecular flexibility index (Phi) is 6.44. The molecule has 0 bridgehead atoms. The standard InChI is InChI=1S/C18H27N3O2/c1-3-11-19-17(22)14-8-6-9-15(12-14)20-18(23)21-16-10-5-4-7-13(16)2/h6,8-9,12-13,16H,3-5,7,10-11H2,1-2H3,(H,19,22)(H2,20,21,23)/t13-,16-/m1/s1. The van der Waals surface area contributed by atoms with Crippen LogP contribution in [0, 0.1) is 5.92 Å². The van der Waals surface area contributed by atoms with Gasteiger partial charge in [-0.2, -0.15) is 0 Å². The lowest BCUT2D eigenvalue weighted by Gasteiger charge is -2.29. The number of carbonyl (C=O) groups excluding carboxylic acids is 2. The summed E-state index contributed by atoms with van der Waals surface area (Å²) in [4.78, 5) is 24.1. The van der Waals surface area contributed by atoms with Crippen LogP contribution in [0.2, 0.25) is 0 Å². The van der Waals surface area contributed by atoms with Crippen LogP contribution in [0.4, 0.5) is 10.5 Å². The summed E-state index contributed by atoms with van der Waals surface area (Å²) in [7, 11) is 0. The van der Waals surface area contributed by atoms with Gasteiger partial charge in [-0.05, 0) is 43.4 Å². The first-order valence-corrected chi connectivity index (χ1v) is 8.56. The molecule has 1 aliphatic carbocycles. The second-order valence-electron chi connectivity index (χ2n) is 6.30. The van der Waals surface area contributed by atoms with E-state index in [0.717, 1.165) is 19.3 Å². The third kappa shape index (κ3) is 5.27. The van der Waals surface area contributed by atoms with E-state index in [9.17, 15) is 9.59 Å². The van der Waals surface area contributed by atoms with Crippen molar-refractivity contribution in [2.45, 2.75) is 52.0 Å². The first-order chi connectivity index (χ1) is 11.1. The molecule has 0 radical (unpaired) electrons. The number of nitrogens with one attached hydrogen (secondary N) is 3. The average Bonchev–Trinajstić information content (AvgIpc) is 2.55. The van der Waals surface area contributed by atoms with Crippen molar-refractivity contribution in [3.63, 3.8) is 0 Å². The summed E-state index contributed by atoms with van der Waals surface area (Å²) in [6, 6.07) is 7.06. The number of urea groups is 1. The van der Waals surface area contributed by atoms with Gasteiger partial charge in [0, 0.05) is 23.8 Å². The van der Waals surface area contributed by atoms with Crippen LogP contribution in [0.15, 0.2) is 24.3 Å². The summed E-state index contributed by atoms with van der Waals surface area (Å²) in [5.41, 5.74) is 1.19. The Morgan fingerprint density at radius 3 is 2.74 bits per heavy atom. The molecule has 2 rings (SSSR count). The lowest BCUT2D eigenvalue weighted by Crippen LogP contribution is -2.43. The van der Waals surface area contributed by atoms with E-state index in [1.54, 1.807) is 24.3 Å². The Hall–Kier alpha value is -2.04. The zero-order chi connectivity index (χ0) is 16.7. The van der Waals surface area contributed by atoms with Crippen LogP contribution >= 0.6 is 0 Å². The molecule has 1 saturated carbocycles. The molecule has 1 aromatic carbocycles. The zero-order valence-corrected chi connectivity index (χ0v) is 14.0. The van der Waals surface area contributed by atoms with E-state index in [4.69, 9.17) is 0 Å². The summed E-state index contributed by atoms with van der Waals surface area (Å²) in [6.45, 7) is 4.84. The van der Waals surface area contributed by atoms with Gasteiger partial charge in [-0.3, -0.25) is 4.79 Å². The van der Waals surface area contributed by atoms with E-state index in [-0.39, 0.29) is 18.0 Å². The Bertz CT molecular complexity index is 545. The summed E-state index contributed by atoms with van der Waals surface area (Å²) in [5.74, 6) is 0.400. The van der Waals surface area contributed by atoms with E-state index in [0.29, 0.717) is 23.7 Å². The minimum Gasteiger partial charge on any atom is -0.352 e. The largest absolute Gasteiger partial charge is 0.352 e. The molecule has 1 aliphatic rings. The van der Waals surface area contributed by atoms with Crippen molar-refractivity contribution >= 4 is 17.6 Å². The smallest absolute Gasteiger partial charge is 0.319 e. The third-order valence-electron chi connectivity index (χ3n) is 4.35. The number of hydrogen-bond acceptors (Lipinski definition) is 2. The quantitative estimate of drug-likeness (QED) is 0.777. The molecule has 5 heteroatoms. The van der Waals surface area contributed by atoms with Gasteiger partial charge in [0.2, 0.25) is 0 Å². The lowest BCUT2D eigenvalue weighted by molar-refractivity contribution is 0.0953. The zero-order valence-electron chi connectivity index (χ0n) is 14.0. The van der Waals surface area contributed by atoms with Gasteiger partial charge >= 0.3 is 6.03 Å². The van der Waals surface area contributed by atoms with Crippen LogP contribution in [0.3, 0.4) is 0 Å². The highest BCUT2D eigenvalue weighted by Crippen LogP contribution is 2.23. The van der Waals surface area contributed by atoms with E-state index in [2.05, 4.69) is 22.9 Å². The number of benzene rings is 1. The van der Waals surface area contributed by atoms with Crippen LogP contribution in [-0.4, -0.2) is 24.5 Å². The molecule has 0 spiro atoms. The van der Waals surface area contributed by atoms with Crippen molar-refractivity contribution in [1.29, 1.82) is 0 Å². The normalized spacial score (nSPS) is 20.6. The molecule has 0 saturated heterocycles. The van der Waals surface area contributed by atoms with E-state index in [1.165, 1.54) is 12.8 Å². The highest BCUT2D eigenvalue weighted by molar-refractivity contribution is 5.96. The number of carbonyl (C=O) groups is 2. The lowest BCUT2D eigenvalue weighted by atomic mass is 9.86. The van der Waals surface area contributed by atoms with Crippen molar-refractivity contribution < 1.29 is 9.59 Å². The van der Waals surface area contributed by atoms with Crippen molar-refractivity contribution in [3.05, 3.63) is 29.8 Å². The number of anilines is 1. The van der Waals surface area contributed by atoms with E-state index >= 15 is 0 Å². The molecule has 1 fully saturated rings. The molecule has 5 nitrogen and oxygen atoms in total. The van der Waals surface area contributed by atoms with Crippen LogP contribution in [0.5, 0.6) is 0 Å².